The molecule has 0 bridgehead atoms. The average molecular weight is 1150 g/mol. The molecular weight excluding hydrogens is 1120 g/mol. The van der Waals surface area contributed by atoms with Crippen LogP contribution in [0.25, 0.3) is 55.2 Å². The van der Waals surface area contributed by atoms with E-state index in [4.69, 9.17) is 19.4 Å². The quantitative estimate of drug-likeness (QED) is 0.147. The van der Waals surface area contributed by atoms with Crippen molar-refractivity contribution in [2.45, 2.75) is 12.1 Å². The van der Waals surface area contributed by atoms with Crippen LogP contribution in [0.3, 0.4) is 0 Å². The van der Waals surface area contributed by atoms with Gasteiger partial charge in [-0.05, 0) is 88.7 Å². The third-order valence-electron chi connectivity index (χ3n) is 11.4. The van der Waals surface area contributed by atoms with Crippen molar-refractivity contribution in [2.24, 2.45) is 11.8 Å². The summed E-state index contributed by atoms with van der Waals surface area (Å²) in [6.45, 7) is 0. The van der Waals surface area contributed by atoms with E-state index in [1.54, 1.807) is 24.8 Å². The third-order valence-corrected chi connectivity index (χ3v) is 11.4. The summed E-state index contributed by atoms with van der Waals surface area (Å²) >= 11 is 0. The van der Waals surface area contributed by atoms with Crippen LogP contribution >= 0.6 is 0 Å². The minimum atomic E-state index is -0.232. The van der Waals surface area contributed by atoms with E-state index >= 15 is 0 Å². The van der Waals surface area contributed by atoms with E-state index in [1.807, 2.05) is 78.9 Å². The number of aromatic nitrogens is 6. The molecule has 3 aliphatic rings. The zero-order valence-electron chi connectivity index (χ0n) is 32.0. The van der Waals surface area contributed by atoms with Crippen molar-refractivity contribution >= 4 is 49.6 Å². The molecular formula is C50H31N7O2Pt2. The molecule has 11 heteroatoms. The summed E-state index contributed by atoms with van der Waals surface area (Å²) in [7, 11) is 0. The number of pyridine rings is 2. The molecule has 0 amide bonds. The van der Waals surface area contributed by atoms with Crippen LogP contribution in [0.4, 0.5) is 5.95 Å². The zero-order valence-corrected chi connectivity index (χ0v) is 36.5. The first kappa shape index (κ1) is 38.8. The molecule has 0 saturated carbocycles. The first-order valence-electron chi connectivity index (χ1n) is 19.5. The molecule has 1 aliphatic heterocycles. The number of rotatable bonds is 7. The standard InChI is InChI=1S/C50H31N7O2.2Pt/c1-3-12-42-36(10-1)38-20-16-32(28-44(38)55(42)48-14-5-7-24-51-48)58-34-18-22-40-41-23-19-35(31-47(41)57(46(40)30-34)50-53-26-9-27-54-50)59-33-17-21-39-37-11-2-4-13-43(37)56(45(39)29-33)49-15-6-8-25-52-49;;/h1-27,40-41,46-47H;;/q-4;2*+2. The summed E-state index contributed by atoms with van der Waals surface area (Å²) in [5.74, 6) is 4.70. The van der Waals surface area contributed by atoms with Gasteiger partial charge in [-0.15, -0.1) is 35.0 Å². The van der Waals surface area contributed by atoms with Crippen LogP contribution < -0.4 is 14.4 Å². The van der Waals surface area contributed by atoms with Gasteiger partial charge in [0.25, 0.3) is 0 Å². The third kappa shape index (κ3) is 6.55. The van der Waals surface area contributed by atoms with E-state index in [0.29, 0.717) is 29.0 Å². The van der Waals surface area contributed by atoms with E-state index in [0.717, 1.165) is 55.2 Å². The molecule has 1 fully saturated rings. The fraction of sp³-hybridized carbons (Fsp3) is 0.0800. The van der Waals surface area contributed by atoms with Crippen molar-refractivity contribution in [2.75, 3.05) is 4.90 Å². The SMILES string of the molecule is [C-]1=C(Oc2[c-]c3c(cc2)c2ccccc2n3-c2ccccn2)C=CC2C3C=CC(Oc4[c-]c5c(cc4)c4ccccc4n5-c4ccccn4)=[C-]C3N(c3ncccn3)C12.[Pt+2].[Pt+2]. The van der Waals surface area contributed by atoms with Crippen LogP contribution in [0.5, 0.6) is 11.5 Å². The van der Waals surface area contributed by atoms with E-state index in [2.05, 4.69) is 109 Å². The van der Waals surface area contributed by atoms with Gasteiger partial charge in [0.05, 0.1) is 0 Å². The number of ether oxygens (including phenoxy) is 2. The number of allylic oxidation sites excluding steroid dienone is 2. The predicted molar refractivity (Wildman–Crippen MR) is 227 cm³/mol. The van der Waals surface area contributed by atoms with Gasteiger partial charge in [0.1, 0.15) is 11.6 Å². The molecule has 61 heavy (non-hydrogen) atoms. The van der Waals surface area contributed by atoms with Gasteiger partial charge in [0.15, 0.2) is 0 Å². The fourth-order valence-electron chi connectivity index (χ4n) is 8.90. The number of benzene rings is 4. The van der Waals surface area contributed by atoms with Crippen molar-refractivity contribution in [1.29, 1.82) is 0 Å². The van der Waals surface area contributed by atoms with Gasteiger partial charge in [-0.3, -0.25) is 0 Å². The van der Waals surface area contributed by atoms with Gasteiger partial charge in [0, 0.05) is 47.3 Å². The first-order chi connectivity index (χ1) is 29.2. The Balaban J connectivity index is 0.00000223. The van der Waals surface area contributed by atoms with Crippen molar-refractivity contribution in [3.8, 4) is 23.1 Å². The van der Waals surface area contributed by atoms with Crippen LogP contribution in [-0.2, 0) is 42.1 Å². The molecule has 1 saturated heterocycles. The number of para-hydroxylation sites is 2. The second-order valence-corrected chi connectivity index (χ2v) is 14.7. The van der Waals surface area contributed by atoms with Crippen molar-refractivity contribution in [1.82, 2.24) is 29.1 Å². The van der Waals surface area contributed by atoms with Gasteiger partial charge in [-0.25, -0.2) is 32.1 Å². The summed E-state index contributed by atoms with van der Waals surface area (Å²) in [5, 5.41) is 4.40. The molecule has 9 nitrogen and oxygen atoms in total. The monoisotopic (exact) mass is 1150 g/mol. The van der Waals surface area contributed by atoms with Crippen LogP contribution in [0.2, 0.25) is 0 Å². The summed E-state index contributed by atoms with van der Waals surface area (Å²) in [6.07, 6.45) is 22.9. The Hall–Kier alpha value is -6.40. The van der Waals surface area contributed by atoms with E-state index in [1.165, 1.54) is 0 Å². The van der Waals surface area contributed by atoms with Crippen molar-refractivity contribution in [3.63, 3.8) is 0 Å². The van der Waals surface area contributed by atoms with Crippen molar-refractivity contribution in [3.05, 3.63) is 200 Å². The molecule has 0 radical (unpaired) electrons. The molecule has 4 atom stereocenters. The van der Waals surface area contributed by atoms with Crippen LogP contribution in [0.1, 0.15) is 0 Å². The number of fused-ring (bicyclic) bond motifs is 9. The van der Waals surface area contributed by atoms with Gasteiger partial charge >= 0.3 is 42.1 Å². The average Bonchev–Trinajstić information content (AvgIpc) is 3.92. The van der Waals surface area contributed by atoms with Gasteiger partial charge in [0.2, 0.25) is 5.95 Å². The summed E-state index contributed by atoms with van der Waals surface area (Å²) in [6, 6.07) is 45.1. The Morgan fingerprint density at radius 3 is 1.39 bits per heavy atom. The second-order valence-electron chi connectivity index (χ2n) is 14.7. The molecule has 0 N–H and O–H groups in total. The molecule has 5 aromatic heterocycles. The Labute approximate surface area is 379 Å². The predicted octanol–water partition coefficient (Wildman–Crippen LogP) is 9.52. The normalized spacial score (nSPS) is 18.9. The molecule has 2 aliphatic carbocycles. The topological polar surface area (TPSA) is 83.1 Å². The fourth-order valence-corrected chi connectivity index (χ4v) is 8.90. The van der Waals surface area contributed by atoms with E-state index in [-0.39, 0.29) is 66.1 Å². The largest absolute Gasteiger partial charge is 2.00 e. The van der Waals surface area contributed by atoms with Gasteiger partial charge in [-0.2, -0.15) is 36.4 Å². The van der Waals surface area contributed by atoms with E-state index < -0.39 is 0 Å². The Morgan fingerprint density at radius 2 is 0.918 bits per heavy atom. The molecule has 0 spiro atoms. The number of anilines is 1. The molecule has 9 aromatic rings. The molecule has 4 unspecified atom stereocenters. The van der Waals surface area contributed by atoms with Crippen molar-refractivity contribution < 1.29 is 51.6 Å². The summed E-state index contributed by atoms with van der Waals surface area (Å²) in [4.78, 5) is 20.9. The summed E-state index contributed by atoms with van der Waals surface area (Å²) in [5.41, 5.74) is 3.89. The Kier molecular flexibility index (Phi) is 10.1. The second kappa shape index (κ2) is 15.9. The Morgan fingerprint density at radius 1 is 0.459 bits per heavy atom. The van der Waals surface area contributed by atoms with Crippen LogP contribution in [0.15, 0.2) is 176 Å². The van der Waals surface area contributed by atoms with Crippen LogP contribution in [0, 0.1) is 36.1 Å². The number of hydrogen-bond acceptors (Lipinski definition) is 7. The number of nitrogens with zero attached hydrogens (tertiary/aromatic N) is 7. The van der Waals surface area contributed by atoms with Crippen LogP contribution in [-0.4, -0.2) is 41.2 Å². The minimum absolute atomic E-state index is 0. The maximum Gasteiger partial charge on any atom is 2.00 e. The smallest absolute Gasteiger partial charge is 0.522 e. The van der Waals surface area contributed by atoms with E-state index in [9.17, 15) is 0 Å². The zero-order chi connectivity index (χ0) is 38.9. The van der Waals surface area contributed by atoms with Gasteiger partial charge in [-0.1, -0.05) is 59.6 Å². The first-order valence-corrected chi connectivity index (χ1v) is 19.5. The number of hydrogen-bond donors (Lipinski definition) is 0. The molecule has 298 valence electrons. The summed E-state index contributed by atoms with van der Waals surface area (Å²) < 4.78 is 17.4. The molecule has 12 rings (SSSR count). The van der Waals surface area contributed by atoms with Gasteiger partial charge < -0.3 is 23.5 Å². The Bertz CT molecular complexity index is 3020. The molecule has 6 heterocycles. The maximum atomic E-state index is 6.58. The minimum Gasteiger partial charge on any atom is -0.522 e. The molecule has 4 aromatic carbocycles. The maximum absolute atomic E-state index is 6.58.